The van der Waals surface area contributed by atoms with Crippen molar-refractivity contribution in [2.24, 2.45) is 0 Å². The van der Waals surface area contributed by atoms with Crippen LogP contribution < -0.4 is 9.80 Å². The molecule has 1 fully saturated rings. The molecule has 0 aliphatic carbocycles. The van der Waals surface area contributed by atoms with Gasteiger partial charge in [0.1, 0.15) is 6.54 Å². The Morgan fingerprint density at radius 1 is 1.00 bits per heavy atom. The molecule has 0 atom stereocenters. The van der Waals surface area contributed by atoms with Gasteiger partial charge in [0.2, 0.25) is 5.91 Å². The second kappa shape index (κ2) is 9.02. The maximum atomic E-state index is 13.0. The summed E-state index contributed by atoms with van der Waals surface area (Å²) in [5, 5.41) is 0. The molecule has 1 aliphatic heterocycles. The molecule has 0 aromatic heterocycles. The topological polar surface area (TPSA) is 51.0 Å². The minimum atomic E-state index is -0.941. The molecule has 5 nitrogen and oxygen atoms in total. The van der Waals surface area contributed by atoms with Gasteiger partial charge < -0.3 is 9.64 Å². The van der Waals surface area contributed by atoms with Crippen LogP contribution in [0.15, 0.2) is 60.7 Å². The number of hydrogen-bond donors (Lipinski definition) is 1. The highest BCUT2D eigenvalue weighted by molar-refractivity contribution is 6.02. The maximum Gasteiger partial charge on any atom is 0.332 e. The van der Waals surface area contributed by atoms with Gasteiger partial charge >= 0.3 is 5.97 Å². The zero-order chi connectivity index (χ0) is 20.0. The highest BCUT2D eigenvalue weighted by Crippen LogP contribution is 2.33. The van der Waals surface area contributed by atoms with Gasteiger partial charge in [0, 0.05) is 30.5 Å². The number of quaternary nitrogens is 1. The van der Waals surface area contributed by atoms with Gasteiger partial charge in [-0.3, -0.25) is 9.69 Å². The lowest BCUT2D eigenvalue weighted by molar-refractivity contribution is -0.919. The molecular formula is C23H29N2O3+. The number of nitrogens with zero attached hydrogens (tertiary/aromatic N) is 1. The summed E-state index contributed by atoms with van der Waals surface area (Å²) in [5.74, 6) is -0.375. The van der Waals surface area contributed by atoms with Crippen molar-refractivity contribution in [3.8, 4) is 0 Å². The first-order valence-corrected chi connectivity index (χ1v) is 9.94. The summed E-state index contributed by atoms with van der Waals surface area (Å²) < 4.78 is 5.20. The van der Waals surface area contributed by atoms with Crippen LogP contribution in [0.25, 0.3) is 0 Å². The largest absolute Gasteiger partial charge is 0.467 e. The van der Waals surface area contributed by atoms with Gasteiger partial charge in [-0.25, -0.2) is 4.79 Å². The van der Waals surface area contributed by atoms with E-state index in [1.807, 2.05) is 43.3 Å². The van der Waals surface area contributed by atoms with Crippen LogP contribution in [0.3, 0.4) is 0 Å². The molecule has 0 radical (unpaired) electrons. The summed E-state index contributed by atoms with van der Waals surface area (Å²) in [6.07, 6.45) is 1.51. The Morgan fingerprint density at radius 3 is 2.11 bits per heavy atom. The fourth-order valence-electron chi connectivity index (χ4n) is 4.15. The monoisotopic (exact) mass is 381 g/mol. The van der Waals surface area contributed by atoms with E-state index in [0.29, 0.717) is 19.3 Å². The van der Waals surface area contributed by atoms with Crippen LogP contribution >= 0.6 is 0 Å². The molecule has 5 heteroatoms. The Bertz CT molecular complexity index is 784. The molecule has 1 N–H and O–H groups in total. The molecule has 0 saturated carbocycles. The van der Waals surface area contributed by atoms with Gasteiger partial charge in [0.25, 0.3) is 0 Å². The Kier molecular flexibility index (Phi) is 6.47. The van der Waals surface area contributed by atoms with Gasteiger partial charge in [0.15, 0.2) is 5.54 Å². The average Bonchev–Trinajstić information content (AvgIpc) is 2.76. The molecule has 0 spiro atoms. The highest BCUT2D eigenvalue weighted by Gasteiger charge is 2.51. The Morgan fingerprint density at radius 2 is 1.57 bits per heavy atom. The number of nitrogens with one attached hydrogen (secondary N) is 1. The van der Waals surface area contributed by atoms with E-state index in [0.717, 1.165) is 25.3 Å². The molecule has 1 saturated heterocycles. The van der Waals surface area contributed by atoms with Crippen molar-refractivity contribution in [3.05, 3.63) is 66.2 Å². The molecule has 1 heterocycles. The highest BCUT2D eigenvalue weighted by atomic mass is 16.5. The van der Waals surface area contributed by atoms with Crippen molar-refractivity contribution < 1.29 is 19.2 Å². The van der Waals surface area contributed by atoms with Crippen LogP contribution in [0.2, 0.25) is 0 Å². The number of rotatable bonds is 6. The number of anilines is 1. The lowest BCUT2D eigenvalue weighted by Gasteiger charge is -2.45. The first kappa shape index (κ1) is 20.1. The normalized spacial score (nSPS) is 21.7. The lowest BCUT2D eigenvalue weighted by atomic mass is 9.84. The van der Waals surface area contributed by atoms with Gasteiger partial charge in [-0.05, 0) is 12.1 Å². The zero-order valence-corrected chi connectivity index (χ0v) is 16.7. The van der Waals surface area contributed by atoms with E-state index >= 15 is 0 Å². The van der Waals surface area contributed by atoms with Gasteiger partial charge in [-0.2, -0.15) is 0 Å². The van der Waals surface area contributed by atoms with Crippen molar-refractivity contribution in [2.45, 2.75) is 38.3 Å². The molecule has 3 rings (SSSR count). The van der Waals surface area contributed by atoms with Crippen LogP contribution in [0.4, 0.5) is 5.69 Å². The van der Waals surface area contributed by atoms with Crippen LogP contribution in [0.5, 0.6) is 0 Å². The number of esters is 1. The van der Waals surface area contributed by atoms with E-state index in [9.17, 15) is 9.59 Å². The zero-order valence-electron chi connectivity index (χ0n) is 16.7. The minimum absolute atomic E-state index is 0.0527. The summed E-state index contributed by atoms with van der Waals surface area (Å²) in [5.41, 5.74) is 1.10. The van der Waals surface area contributed by atoms with Crippen LogP contribution in [-0.2, 0) is 20.9 Å². The van der Waals surface area contributed by atoms with Crippen molar-refractivity contribution in [2.75, 3.05) is 25.1 Å². The summed E-state index contributed by atoms with van der Waals surface area (Å²) in [4.78, 5) is 29.0. The van der Waals surface area contributed by atoms with Crippen LogP contribution in [0, 0.1) is 0 Å². The van der Waals surface area contributed by atoms with Gasteiger partial charge in [-0.15, -0.1) is 0 Å². The van der Waals surface area contributed by atoms with E-state index < -0.39 is 5.54 Å². The van der Waals surface area contributed by atoms with E-state index in [-0.39, 0.29) is 11.9 Å². The average molecular weight is 381 g/mol. The number of hydrogen-bond acceptors (Lipinski definition) is 3. The van der Waals surface area contributed by atoms with E-state index in [2.05, 4.69) is 24.3 Å². The molecule has 148 valence electrons. The maximum absolute atomic E-state index is 13.0. The number of carbonyl (C=O) groups is 2. The molecule has 1 amide bonds. The van der Waals surface area contributed by atoms with Crippen LogP contribution in [0.1, 0.15) is 31.7 Å². The van der Waals surface area contributed by atoms with Crippen molar-refractivity contribution in [1.29, 1.82) is 0 Å². The summed E-state index contributed by atoms with van der Waals surface area (Å²) >= 11 is 0. The van der Waals surface area contributed by atoms with E-state index in [1.165, 1.54) is 17.6 Å². The number of piperidine rings is 1. The standard InChI is InChI=1S/C23H28N2O3/c1-3-21(26)25(20-12-8-5-9-13-20)23(22(27)28-2)14-16-24(17-15-23)18-19-10-6-4-7-11-19/h4-13H,3,14-18H2,1-2H3/p+1. The van der Waals surface area contributed by atoms with E-state index in [4.69, 9.17) is 4.74 Å². The van der Waals surface area contributed by atoms with Gasteiger partial charge in [-0.1, -0.05) is 55.5 Å². The number of amides is 1. The number of likely N-dealkylation sites (tertiary alicyclic amines) is 1. The van der Waals surface area contributed by atoms with Crippen molar-refractivity contribution >= 4 is 17.6 Å². The Labute approximate surface area is 166 Å². The SMILES string of the molecule is CCC(=O)N(c1ccccc1)C1(C(=O)OC)CC[NH+](Cc2ccccc2)CC1. The summed E-state index contributed by atoms with van der Waals surface area (Å²) in [7, 11) is 1.41. The molecule has 1 aliphatic rings. The quantitative estimate of drug-likeness (QED) is 0.781. The van der Waals surface area contributed by atoms with Crippen molar-refractivity contribution in [1.82, 2.24) is 0 Å². The third-order valence-corrected chi connectivity index (χ3v) is 5.64. The number of carbonyl (C=O) groups excluding carboxylic acids is 2. The number of ether oxygens (including phenoxy) is 1. The molecule has 2 aromatic rings. The summed E-state index contributed by atoms with van der Waals surface area (Å²) in [6, 6.07) is 19.9. The van der Waals surface area contributed by atoms with Crippen LogP contribution in [-0.4, -0.2) is 37.6 Å². The second-order valence-corrected chi connectivity index (χ2v) is 7.35. The number of methoxy groups -OCH3 is 1. The van der Waals surface area contributed by atoms with Gasteiger partial charge in [0.05, 0.1) is 20.2 Å². The van der Waals surface area contributed by atoms with E-state index in [1.54, 1.807) is 4.90 Å². The molecule has 2 aromatic carbocycles. The Hall–Kier alpha value is -2.66. The summed E-state index contributed by atoms with van der Waals surface area (Å²) in [6.45, 7) is 4.37. The smallest absolute Gasteiger partial charge is 0.332 e. The minimum Gasteiger partial charge on any atom is -0.467 e. The van der Waals surface area contributed by atoms with Crippen molar-refractivity contribution in [3.63, 3.8) is 0 Å². The molecule has 0 unspecified atom stereocenters. The number of benzene rings is 2. The predicted molar refractivity (Wildman–Crippen MR) is 109 cm³/mol. The fourth-order valence-corrected chi connectivity index (χ4v) is 4.15. The molecular weight excluding hydrogens is 352 g/mol. The fraction of sp³-hybridized carbons (Fsp3) is 0.391. The first-order chi connectivity index (χ1) is 13.6. The number of para-hydroxylation sites is 1. The second-order valence-electron chi connectivity index (χ2n) is 7.35. The molecule has 28 heavy (non-hydrogen) atoms. The third-order valence-electron chi connectivity index (χ3n) is 5.64. The first-order valence-electron chi connectivity index (χ1n) is 9.94. The predicted octanol–water partition coefficient (Wildman–Crippen LogP) is 2.22. The Balaban J connectivity index is 1.87. The third kappa shape index (κ3) is 4.09. The molecule has 0 bridgehead atoms. The lowest BCUT2D eigenvalue weighted by Crippen LogP contribution is -3.12.